The Balaban J connectivity index is 1.51. The zero-order valence-corrected chi connectivity index (χ0v) is 20.0. The number of benzene rings is 1. The van der Waals surface area contributed by atoms with Gasteiger partial charge in [0.2, 0.25) is 11.9 Å². The number of carbonyl (C=O) groups excluding carboxylic acids is 1. The van der Waals surface area contributed by atoms with Gasteiger partial charge in [-0.3, -0.25) is 9.69 Å². The van der Waals surface area contributed by atoms with Crippen molar-refractivity contribution in [1.82, 2.24) is 14.9 Å². The monoisotopic (exact) mass is 474 g/mol. The molecule has 1 aromatic carbocycles. The summed E-state index contributed by atoms with van der Waals surface area (Å²) in [6.07, 6.45) is 1.61. The Morgan fingerprint density at radius 2 is 1.97 bits per heavy atom. The molecule has 11 heteroatoms. The molecule has 0 saturated carbocycles. The Kier molecular flexibility index (Phi) is 6.82. The van der Waals surface area contributed by atoms with Crippen molar-refractivity contribution in [3.05, 3.63) is 30.5 Å². The molecule has 178 valence electrons. The van der Waals surface area contributed by atoms with Gasteiger partial charge in [0.15, 0.2) is 15.7 Å². The topological polar surface area (TPSA) is 108 Å². The van der Waals surface area contributed by atoms with Gasteiger partial charge in [-0.15, -0.1) is 0 Å². The molecule has 0 spiro atoms. The van der Waals surface area contributed by atoms with Crippen LogP contribution >= 0.6 is 0 Å². The van der Waals surface area contributed by atoms with Gasteiger partial charge >= 0.3 is 0 Å². The van der Waals surface area contributed by atoms with Crippen molar-refractivity contribution in [3.63, 3.8) is 0 Å². The first-order chi connectivity index (χ1) is 15.7. The van der Waals surface area contributed by atoms with E-state index in [1.54, 1.807) is 42.4 Å². The zero-order chi connectivity index (χ0) is 23.6. The van der Waals surface area contributed by atoms with Gasteiger partial charge in [0.25, 0.3) is 0 Å². The highest BCUT2D eigenvalue weighted by Gasteiger charge is 2.30. The van der Waals surface area contributed by atoms with Crippen LogP contribution in [0.4, 0.5) is 23.1 Å². The summed E-state index contributed by atoms with van der Waals surface area (Å²) >= 11 is 0. The van der Waals surface area contributed by atoms with E-state index in [1.807, 2.05) is 18.7 Å². The first kappa shape index (κ1) is 23.4. The molecule has 0 aliphatic carbocycles. The normalized spacial score (nSPS) is 17.4. The van der Waals surface area contributed by atoms with Crippen LogP contribution in [0.5, 0.6) is 0 Å². The van der Waals surface area contributed by atoms with E-state index in [-0.39, 0.29) is 29.1 Å². The van der Waals surface area contributed by atoms with Crippen LogP contribution in [0.2, 0.25) is 0 Å². The molecule has 1 fully saturated rings. The third-order valence-corrected chi connectivity index (χ3v) is 7.61. The Bertz CT molecular complexity index is 1120. The van der Waals surface area contributed by atoms with Crippen molar-refractivity contribution in [2.45, 2.75) is 24.8 Å². The molecular weight excluding hydrogens is 444 g/mol. The van der Waals surface area contributed by atoms with Gasteiger partial charge in [0, 0.05) is 38.4 Å². The fraction of sp³-hybridized carbons (Fsp3) is 0.500. The molecule has 0 bridgehead atoms. The number of likely N-dealkylation sites (N-methyl/N-ethyl adjacent to an activating group) is 1. The predicted octanol–water partition coefficient (Wildman–Crippen LogP) is 1.52. The zero-order valence-electron chi connectivity index (χ0n) is 19.2. The van der Waals surface area contributed by atoms with E-state index in [1.165, 1.54) is 0 Å². The summed E-state index contributed by atoms with van der Waals surface area (Å²) in [6.45, 7) is 7.51. The summed E-state index contributed by atoms with van der Waals surface area (Å²) in [4.78, 5) is 27.1. The number of amides is 1. The molecule has 4 rings (SSSR count). The molecular formula is C22H30N6O4S. The van der Waals surface area contributed by atoms with Crippen molar-refractivity contribution in [3.8, 4) is 0 Å². The minimum absolute atomic E-state index is 0.0181. The molecule has 2 aliphatic rings. The minimum Gasteiger partial charge on any atom is -0.379 e. The Hall–Kier alpha value is -2.76. The lowest BCUT2D eigenvalue weighted by Gasteiger charge is -2.36. The number of ether oxygens (including phenoxy) is 1. The SMILES string of the molecule is CC(C)N1CC(=O)N(C)c2cnc(Nc3cccc(S(=O)(=O)CCN4CCOCC4)c3)nc21. The number of fused-ring (bicyclic) bond motifs is 1. The summed E-state index contributed by atoms with van der Waals surface area (Å²) < 4.78 is 31.1. The molecule has 1 amide bonds. The van der Waals surface area contributed by atoms with Crippen molar-refractivity contribution in [2.75, 3.05) is 67.3 Å². The fourth-order valence-corrected chi connectivity index (χ4v) is 5.18. The highest BCUT2D eigenvalue weighted by molar-refractivity contribution is 7.91. The Morgan fingerprint density at radius 3 is 2.70 bits per heavy atom. The lowest BCUT2D eigenvalue weighted by Crippen LogP contribution is -2.47. The molecule has 3 heterocycles. The molecule has 0 radical (unpaired) electrons. The van der Waals surface area contributed by atoms with E-state index in [4.69, 9.17) is 4.74 Å². The van der Waals surface area contributed by atoms with Gasteiger partial charge in [-0.05, 0) is 32.0 Å². The first-order valence-corrected chi connectivity index (χ1v) is 12.7. The largest absolute Gasteiger partial charge is 0.379 e. The van der Waals surface area contributed by atoms with Crippen molar-refractivity contribution < 1.29 is 17.9 Å². The fourth-order valence-electron chi connectivity index (χ4n) is 3.85. The maximum atomic E-state index is 12.9. The molecule has 0 unspecified atom stereocenters. The van der Waals surface area contributed by atoms with Gasteiger partial charge < -0.3 is 19.9 Å². The number of rotatable bonds is 7. The quantitative estimate of drug-likeness (QED) is 0.639. The molecule has 33 heavy (non-hydrogen) atoms. The number of aromatic nitrogens is 2. The number of nitrogens with zero attached hydrogens (tertiary/aromatic N) is 5. The Labute approximate surface area is 194 Å². The van der Waals surface area contributed by atoms with E-state index >= 15 is 0 Å². The number of sulfone groups is 1. The number of anilines is 4. The molecule has 2 aromatic rings. The first-order valence-electron chi connectivity index (χ1n) is 11.0. The second-order valence-corrected chi connectivity index (χ2v) is 10.6. The van der Waals surface area contributed by atoms with Crippen LogP contribution in [-0.2, 0) is 19.4 Å². The number of carbonyl (C=O) groups is 1. The molecule has 1 N–H and O–H groups in total. The van der Waals surface area contributed by atoms with Gasteiger partial charge in [0.05, 0.1) is 36.6 Å². The van der Waals surface area contributed by atoms with Crippen LogP contribution in [0.25, 0.3) is 0 Å². The third-order valence-electron chi connectivity index (χ3n) is 5.92. The van der Waals surface area contributed by atoms with E-state index in [0.29, 0.717) is 42.9 Å². The van der Waals surface area contributed by atoms with E-state index < -0.39 is 9.84 Å². The van der Waals surface area contributed by atoms with Gasteiger partial charge in [-0.25, -0.2) is 13.4 Å². The minimum atomic E-state index is -3.44. The number of hydrogen-bond donors (Lipinski definition) is 1. The van der Waals surface area contributed by atoms with Crippen molar-refractivity contribution in [2.24, 2.45) is 0 Å². The molecule has 1 saturated heterocycles. The summed E-state index contributed by atoms with van der Waals surface area (Å²) in [7, 11) is -1.73. The van der Waals surface area contributed by atoms with Crippen molar-refractivity contribution >= 4 is 38.9 Å². The summed E-state index contributed by atoms with van der Waals surface area (Å²) in [5, 5.41) is 3.11. The molecule has 0 atom stereocenters. The summed E-state index contributed by atoms with van der Waals surface area (Å²) in [5.41, 5.74) is 1.23. The Morgan fingerprint density at radius 1 is 1.21 bits per heavy atom. The van der Waals surface area contributed by atoms with Gasteiger partial charge in [-0.1, -0.05) is 6.07 Å². The lowest BCUT2D eigenvalue weighted by atomic mass is 10.2. The molecule has 2 aliphatic heterocycles. The van der Waals surface area contributed by atoms with Crippen LogP contribution in [-0.4, -0.2) is 87.4 Å². The summed E-state index contributed by atoms with van der Waals surface area (Å²) in [6, 6.07) is 6.78. The lowest BCUT2D eigenvalue weighted by molar-refractivity contribution is -0.117. The van der Waals surface area contributed by atoms with E-state index in [2.05, 4.69) is 20.2 Å². The second kappa shape index (κ2) is 9.62. The van der Waals surface area contributed by atoms with Gasteiger partial charge in [-0.2, -0.15) is 4.98 Å². The highest BCUT2D eigenvalue weighted by Crippen LogP contribution is 2.33. The number of morpholine rings is 1. The van der Waals surface area contributed by atoms with Crippen LogP contribution in [0.3, 0.4) is 0 Å². The van der Waals surface area contributed by atoms with Crippen LogP contribution in [0.15, 0.2) is 35.4 Å². The highest BCUT2D eigenvalue weighted by atomic mass is 32.2. The van der Waals surface area contributed by atoms with E-state index in [0.717, 1.165) is 13.1 Å². The smallest absolute Gasteiger partial charge is 0.246 e. The third kappa shape index (κ3) is 5.26. The average molecular weight is 475 g/mol. The standard InChI is InChI=1S/C22H30N6O4S/c1-16(2)28-15-20(29)26(3)19-14-23-22(25-21(19)28)24-17-5-4-6-18(13-17)33(30,31)12-9-27-7-10-32-11-8-27/h4-6,13-14,16H,7-12,15H2,1-3H3,(H,23,24,25). The maximum absolute atomic E-state index is 12.9. The van der Waals surface area contributed by atoms with Crippen LogP contribution in [0, 0.1) is 0 Å². The maximum Gasteiger partial charge on any atom is 0.246 e. The number of hydrogen-bond acceptors (Lipinski definition) is 9. The second-order valence-electron chi connectivity index (χ2n) is 8.50. The van der Waals surface area contributed by atoms with Crippen LogP contribution < -0.4 is 15.1 Å². The predicted molar refractivity (Wildman–Crippen MR) is 127 cm³/mol. The van der Waals surface area contributed by atoms with Crippen molar-refractivity contribution in [1.29, 1.82) is 0 Å². The van der Waals surface area contributed by atoms with Gasteiger partial charge in [0.1, 0.15) is 5.69 Å². The summed E-state index contributed by atoms with van der Waals surface area (Å²) in [5.74, 6) is 1.04. The molecule has 1 aromatic heterocycles. The van der Waals surface area contributed by atoms with E-state index in [9.17, 15) is 13.2 Å². The number of nitrogens with one attached hydrogen (secondary N) is 1. The average Bonchev–Trinajstić information content (AvgIpc) is 2.81. The van der Waals surface area contributed by atoms with Crippen LogP contribution in [0.1, 0.15) is 13.8 Å². The molecule has 10 nitrogen and oxygen atoms in total.